The van der Waals surface area contributed by atoms with Crippen molar-refractivity contribution in [3.05, 3.63) is 0 Å². The summed E-state index contributed by atoms with van der Waals surface area (Å²) in [5, 5.41) is 0. The van der Waals surface area contributed by atoms with E-state index in [0.717, 1.165) is 13.1 Å². The maximum absolute atomic E-state index is 4.47. The molecule has 80 valence electrons. The molecule has 2 heteroatoms. The van der Waals surface area contributed by atoms with Crippen molar-refractivity contribution >= 4 is 12.8 Å². The first-order valence-electron chi connectivity index (χ1n) is 5.04. The molecule has 13 heavy (non-hydrogen) atoms. The molecule has 0 radical (unpaired) electrons. The number of nitrogens with zero attached hydrogens (tertiary/aromatic N) is 1. The van der Waals surface area contributed by atoms with E-state index in [-0.39, 0.29) is 0 Å². The van der Waals surface area contributed by atoms with Crippen LogP contribution in [0.3, 0.4) is 0 Å². The molecule has 0 spiro atoms. The van der Waals surface area contributed by atoms with Crippen LogP contribution in [-0.2, 0) is 0 Å². The number of thiol groups is 1. The van der Waals surface area contributed by atoms with E-state index in [1.807, 2.05) is 0 Å². The molecule has 0 unspecified atom stereocenters. The van der Waals surface area contributed by atoms with Crippen LogP contribution in [-0.4, -0.2) is 17.4 Å². The molecular weight excluding hydrogens is 178 g/mol. The van der Waals surface area contributed by atoms with Crippen LogP contribution < -0.4 is 0 Å². The highest BCUT2D eigenvalue weighted by Crippen LogP contribution is 2.21. The van der Waals surface area contributed by atoms with E-state index in [1.165, 1.54) is 6.42 Å². The molecule has 1 nitrogen and oxygen atoms in total. The van der Waals surface area contributed by atoms with Crippen LogP contribution in [0.15, 0.2) is 0 Å². The number of hydrogen-bond acceptors (Lipinski definition) is 2. The molecule has 0 bridgehead atoms. The lowest BCUT2D eigenvalue weighted by atomic mass is 9.92. The lowest BCUT2D eigenvalue weighted by molar-refractivity contribution is 0.265. The highest BCUT2D eigenvalue weighted by Gasteiger charge is 2.16. The summed E-state index contributed by atoms with van der Waals surface area (Å²) in [5.41, 5.74) is 0.762. The Morgan fingerprint density at radius 3 is 1.69 bits per heavy atom. The van der Waals surface area contributed by atoms with E-state index < -0.39 is 0 Å². The van der Waals surface area contributed by atoms with Crippen molar-refractivity contribution in [3.8, 4) is 0 Å². The SMILES string of the molecule is CC(C)(C)CCN(S)CC(C)(C)C. The van der Waals surface area contributed by atoms with Crippen LogP contribution in [0.4, 0.5) is 0 Å². The van der Waals surface area contributed by atoms with Gasteiger partial charge in [-0.05, 0) is 17.3 Å². The van der Waals surface area contributed by atoms with Gasteiger partial charge in [-0.15, -0.1) is 0 Å². The highest BCUT2D eigenvalue weighted by molar-refractivity contribution is 7.77. The van der Waals surface area contributed by atoms with E-state index >= 15 is 0 Å². The van der Waals surface area contributed by atoms with Crippen molar-refractivity contribution in [1.29, 1.82) is 0 Å². The van der Waals surface area contributed by atoms with Gasteiger partial charge in [0.2, 0.25) is 0 Å². The number of hydrogen-bond donors (Lipinski definition) is 1. The van der Waals surface area contributed by atoms with Gasteiger partial charge < -0.3 is 0 Å². The molecule has 0 aromatic carbocycles. The predicted octanol–water partition coefficient (Wildman–Crippen LogP) is 3.62. The van der Waals surface area contributed by atoms with Crippen LogP contribution in [0.5, 0.6) is 0 Å². The summed E-state index contributed by atoms with van der Waals surface area (Å²) in [5.74, 6) is 0. The maximum atomic E-state index is 4.47. The van der Waals surface area contributed by atoms with Crippen LogP contribution in [0.1, 0.15) is 48.0 Å². The van der Waals surface area contributed by atoms with Gasteiger partial charge in [0.15, 0.2) is 0 Å². The van der Waals surface area contributed by atoms with Gasteiger partial charge in [0.05, 0.1) is 0 Å². The van der Waals surface area contributed by atoms with Crippen molar-refractivity contribution in [1.82, 2.24) is 4.31 Å². The Bertz CT molecular complexity index is 141. The highest BCUT2D eigenvalue weighted by atomic mass is 32.1. The largest absolute Gasteiger partial charge is 0.253 e. The summed E-state index contributed by atoms with van der Waals surface area (Å²) in [6.45, 7) is 15.7. The van der Waals surface area contributed by atoms with Crippen LogP contribution in [0, 0.1) is 10.8 Å². The van der Waals surface area contributed by atoms with Gasteiger partial charge in [-0.3, -0.25) is 4.31 Å². The average molecular weight is 203 g/mol. The van der Waals surface area contributed by atoms with Crippen LogP contribution >= 0.6 is 12.8 Å². The zero-order chi connectivity index (χ0) is 10.7. The zero-order valence-electron chi connectivity index (χ0n) is 10.0. The molecule has 0 rings (SSSR count). The van der Waals surface area contributed by atoms with Crippen molar-refractivity contribution < 1.29 is 0 Å². The van der Waals surface area contributed by atoms with Gasteiger partial charge in [-0.25, -0.2) is 0 Å². The fourth-order valence-electron chi connectivity index (χ4n) is 1.09. The Morgan fingerprint density at radius 1 is 0.923 bits per heavy atom. The van der Waals surface area contributed by atoms with Crippen LogP contribution in [0.25, 0.3) is 0 Å². The van der Waals surface area contributed by atoms with E-state index in [2.05, 4.69) is 58.7 Å². The fraction of sp³-hybridized carbons (Fsp3) is 1.00. The van der Waals surface area contributed by atoms with Gasteiger partial charge in [0.1, 0.15) is 0 Å². The summed E-state index contributed by atoms with van der Waals surface area (Å²) in [7, 11) is 0. The van der Waals surface area contributed by atoms with Gasteiger partial charge >= 0.3 is 0 Å². The second-order valence-electron chi connectivity index (χ2n) is 6.26. The second kappa shape index (κ2) is 4.70. The number of rotatable bonds is 3. The molecule has 0 aliphatic heterocycles. The molecule has 0 saturated carbocycles. The monoisotopic (exact) mass is 203 g/mol. The van der Waals surface area contributed by atoms with E-state index in [4.69, 9.17) is 0 Å². The minimum Gasteiger partial charge on any atom is -0.253 e. The third-order valence-electron chi connectivity index (χ3n) is 1.78. The topological polar surface area (TPSA) is 3.24 Å². The van der Waals surface area contributed by atoms with Crippen LogP contribution in [0.2, 0.25) is 0 Å². The molecule has 0 N–H and O–H groups in total. The third kappa shape index (κ3) is 10.2. The molecule has 0 heterocycles. The predicted molar refractivity (Wildman–Crippen MR) is 64.1 cm³/mol. The van der Waals surface area contributed by atoms with E-state index in [1.54, 1.807) is 0 Å². The summed E-state index contributed by atoms with van der Waals surface area (Å²) in [6, 6.07) is 0. The standard InChI is InChI=1S/C11H25NS/c1-10(2,3)7-8-12(13)9-11(4,5)6/h13H,7-9H2,1-6H3. The van der Waals surface area contributed by atoms with E-state index in [0.29, 0.717) is 10.8 Å². The minimum atomic E-state index is 0.347. The summed E-state index contributed by atoms with van der Waals surface area (Å²) in [6.07, 6.45) is 1.20. The smallest absolute Gasteiger partial charge is 0.0136 e. The molecule has 0 aromatic rings. The lowest BCUT2D eigenvalue weighted by Crippen LogP contribution is -2.28. The summed E-state index contributed by atoms with van der Waals surface area (Å²) < 4.78 is 2.13. The summed E-state index contributed by atoms with van der Waals surface area (Å²) in [4.78, 5) is 0. The molecule has 0 amide bonds. The Hall–Kier alpha value is 0.310. The Kier molecular flexibility index (Phi) is 4.81. The fourth-order valence-corrected chi connectivity index (χ4v) is 1.62. The zero-order valence-corrected chi connectivity index (χ0v) is 10.9. The first-order chi connectivity index (χ1) is 5.60. The molecule has 0 aromatic heterocycles. The first kappa shape index (κ1) is 13.3. The van der Waals surface area contributed by atoms with Gasteiger partial charge in [-0.2, -0.15) is 0 Å². The molecule has 0 atom stereocenters. The Balaban J connectivity index is 3.70. The Labute approximate surface area is 89.4 Å². The van der Waals surface area contributed by atoms with Gasteiger partial charge in [-0.1, -0.05) is 54.4 Å². The third-order valence-corrected chi connectivity index (χ3v) is 2.12. The van der Waals surface area contributed by atoms with Gasteiger partial charge in [0, 0.05) is 13.1 Å². The molecule has 0 fully saturated rings. The Morgan fingerprint density at radius 2 is 1.38 bits per heavy atom. The van der Waals surface area contributed by atoms with E-state index in [9.17, 15) is 0 Å². The molecule has 0 aliphatic rings. The quantitative estimate of drug-likeness (QED) is 0.686. The second-order valence-corrected chi connectivity index (χ2v) is 6.83. The van der Waals surface area contributed by atoms with Crippen molar-refractivity contribution in [2.75, 3.05) is 13.1 Å². The summed E-state index contributed by atoms with van der Waals surface area (Å²) >= 11 is 4.47. The van der Waals surface area contributed by atoms with Crippen molar-refractivity contribution in [3.63, 3.8) is 0 Å². The van der Waals surface area contributed by atoms with Crippen molar-refractivity contribution in [2.24, 2.45) is 10.8 Å². The minimum absolute atomic E-state index is 0.347. The molecule has 0 saturated heterocycles. The van der Waals surface area contributed by atoms with Crippen molar-refractivity contribution in [2.45, 2.75) is 48.0 Å². The molecule has 0 aliphatic carbocycles. The average Bonchev–Trinajstić information content (AvgIpc) is 1.78. The first-order valence-corrected chi connectivity index (χ1v) is 5.44. The lowest BCUT2D eigenvalue weighted by Gasteiger charge is -2.28. The molecular formula is C11H25NS. The maximum Gasteiger partial charge on any atom is 0.0136 e. The van der Waals surface area contributed by atoms with Gasteiger partial charge in [0.25, 0.3) is 0 Å². The normalized spacial score (nSPS) is 13.8.